The molecule has 24 heavy (non-hydrogen) atoms. The van der Waals surface area contributed by atoms with E-state index in [9.17, 15) is 4.79 Å². The van der Waals surface area contributed by atoms with Gasteiger partial charge in [-0.2, -0.15) is 0 Å². The van der Waals surface area contributed by atoms with Crippen molar-refractivity contribution in [2.75, 3.05) is 4.90 Å². The first kappa shape index (κ1) is 14.8. The smallest absolute Gasteiger partial charge is 0.335 e. The summed E-state index contributed by atoms with van der Waals surface area (Å²) in [5.41, 5.74) is 1.88. The molecule has 1 aromatic carbocycles. The number of aliphatic carboxylic acids is 1. The third kappa shape index (κ3) is 2.24. The third-order valence-corrected chi connectivity index (χ3v) is 5.15. The van der Waals surface area contributed by atoms with Gasteiger partial charge in [0.2, 0.25) is 0 Å². The molecule has 1 fully saturated rings. The average molecular weight is 317 g/mol. The van der Waals surface area contributed by atoms with Gasteiger partial charge in [0.15, 0.2) is 0 Å². The van der Waals surface area contributed by atoms with Crippen molar-refractivity contribution >= 4 is 17.2 Å². The van der Waals surface area contributed by atoms with E-state index in [0.717, 1.165) is 5.69 Å². The van der Waals surface area contributed by atoms with Crippen LogP contribution in [0.25, 0.3) is 5.57 Å². The van der Waals surface area contributed by atoms with Crippen LogP contribution in [-0.2, 0) is 4.79 Å². The second kappa shape index (κ2) is 5.68. The Bertz CT molecular complexity index is 764. The van der Waals surface area contributed by atoms with Crippen molar-refractivity contribution in [3.05, 3.63) is 85.0 Å². The van der Waals surface area contributed by atoms with Gasteiger partial charge in [-0.1, -0.05) is 67.3 Å². The Morgan fingerprint density at radius 3 is 1.88 bits per heavy atom. The van der Waals surface area contributed by atoms with Gasteiger partial charge in [-0.25, -0.2) is 4.79 Å². The van der Waals surface area contributed by atoms with Crippen LogP contribution in [0.2, 0.25) is 0 Å². The van der Waals surface area contributed by atoms with Crippen LogP contribution in [-0.4, -0.2) is 23.2 Å². The van der Waals surface area contributed by atoms with Gasteiger partial charge in [0.1, 0.15) is 0 Å². The second-order valence-electron chi connectivity index (χ2n) is 6.41. The Balaban J connectivity index is 1.70. The molecule has 4 unspecified atom stereocenters. The SMILES string of the molecule is C=C(C(=O)O)c1ccc(N2C3C=CC=CC3C3C=CC=CC32)cc1. The molecule has 0 aromatic heterocycles. The molecular weight excluding hydrogens is 298 g/mol. The van der Waals surface area contributed by atoms with Crippen LogP contribution < -0.4 is 4.90 Å². The molecule has 0 spiro atoms. The fourth-order valence-corrected chi connectivity index (χ4v) is 3.99. The normalized spacial score (nSPS) is 29.4. The summed E-state index contributed by atoms with van der Waals surface area (Å²) in [5, 5.41) is 9.08. The molecule has 2 aliphatic carbocycles. The lowest BCUT2D eigenvalue weighted by molar-refractivity contribution is -0.130. The number of carbonyl (C=O) groups is 1. The number of nitrogens with zero attached hydrogens (tertiary/aromatic N) is 1. The predicted octanol–water partition coefficient (Wildman–Crippen LogP) is 3.83. The summed E-state index contributed by atoms with van der Waals surface area (Å²) in [6.07, 6.45) is 17.6. The van der Waals surface area contributed by atoms with Crippen LogP contribution in [0, 0.1) is 11.8 Å². The summed E-state index contributed by atoms with van der Waals surface area (Å²) in [6, 6.07) is 8.34. The molecule has 3 heteroatoms. The zero-order valence-electron chi connectivity index (χ0n) is 13.2. The van der Waals surface area contributed by atoms with E-state index in [1.165, 1.54) is 0 Å². The number of benzene rings is 1. The molecule has 0 bridgehead atoms. The van der Waals surface area contributed by atoms with Gasteiger partial charge in [0, 0.05) is 17.5 Å². The quantitative estimate of drug-likeness (QED) is 0.862. The Morgan fingerprint density at radius 1 is 0.875 bits per heavy atom. The maximum atomic E-state index is 11.1. The van der Waals surface area contributed by atoms with Crippen LogP contribution in [0.3, 0.4) is 0 Å². The lowest BCUT2D eigenvalue weighted by Gasteiger charge is -2.32. The Hall–Kier alpha value is -2.81. The number of carboxylic acids is 1. The highest BCUT2D eigenvalue weighted by atomic mass is 16.4. The first-order chi connectivity index (χ1) is 11.7. The molecule has 3 nitrogen and oxygen atoms in total. The van der Waals surface area contributed by atoms with Gasteiger partial charge in [-0.3, -0.25) is 0 Å². The topological polar surface area (TPSA) is 40.5 Å². The van der Waals surface area contributed by atoms with E-state index in [1.54, 1.807) is 0 Å². The van der Waals surface area contributed by atoms with Gasteiger partial charge < -0.3 is 10.0 Å². The van der Waals surface area contributed by atoms with Crippen molar-refractivity contribution in [1.29, 1.82) is 0 Å². The van der Waals surface area contributed by atoms with E-state index in [4.69, 9.17) is 5.11 Å². The Kier molecular flexibility index (Phi) is 3.49. The number of allylic oxidation sites excluding steroid dienone is 4. The van der Waals surface area contributed by atoms with Gasteiger partial charge >= 0.3 is 5.97 Å². The molecule has 1 saturated heterocycles. The number of hydrogen-bond donors (Lipinski definition) is 1. The minimum atomic E-state index is -0.982. The van der Waals surface area contributed by atoms with Crippen LogP contribution in [0.5, 0.6) is 0 Å². The van der Waals surface area contributed by atoms with E-state index in [-0.39, 0.29) is 5.57 Å². The standard InChI is InChI=1S/C21H19NO2/c1-14(21(23)24)15-10-12-16(13-11-15)22-19-8-4-2-6-17(19)18-7-3-5-9-20(18)22/h2-13,17-20H,1H2,(H,23,24). The number of hydrogen-bond acceptors (Lipinski definition) is 2. The molecular formula is C21H19NO2. The molecule has 1 heterocycles. The highest BCUT2D eigenvalue weighted by Gasteiger charge is 2.45. The van der Waals surface area contributed by atoms with Crippen LogP contribution >= 0.6 is 0 Å². The summed E-state index contributed by atoms with van der Waals surface area (Å²) >= 11 is 0. The Morgan fingerprint density at radius 2 is 1.38 bits per heavy atom. The molecule has 1 aliphatic heterocycles. The minimum Gasteiger partial charge on any atom is -0.478 e. The fraction of sp³-hybridized carbons (Fsp3) is 0.190. The van der Waals surface area contributed by atoms with Crippen molar-refractivity contribution in [2.24, 2.45) is 11.8 Å². The number of anilines is 1. The largest absolute Gasteiger partial charge is 0.478 e. The molecule has 4 rings (SSSR count). The molecule has 4 atom stereocenters. The maximum Gasteiger partial charge on any atom is 0.335 e. The van der Waals surface area contributed by atoms with Gasteiger partial charge in [0.05, 0.1) is 17.7 Å². The maximum absolute atomic E-state index is 11.1. The first-order valence-corrected chi connectivity index (χ1v) is 8.18. The third-order valence-electron chi connectivity index (χ3n) is 5.15. The van der Waals surface area contributed by atoms with Crippen molar-refractivity contribution < 1.29 is 9.90 Å². The van der Waals surface area contributed by atoms with Crippen LogP contribution in [0.4, 0.5) is 5.69 Å². The minimum absolute atomic E-state index is 0.125. The molecule has 1 aromatic rings. The van der Waals surface area contributed by atoms with E-state index in [2.05, 4.69) is 60.1 Å². The second-order valence-corrected chi connectivity index (χ2v) is 6.41. The summed E-state index contributed by atoms with van der Waals surface area (Å²) in [7, 11) is 0. The van der Waals surface area contributed by atoms with E-state index in [1.807, 2.05) is 24.3 Å². The van der Waals surface area contributed by atoms with Crippen molar-refractivity contribution in [1.82, 2.24) is 0 Å². The molecule has 1 N–H and O–H groups in total. The summed E-state index contributed by atoms with van der Waals surface area (Å²) in [6.45, 7) is 3.63. The van der Waals surface area contributed by atoms with Crippen molar-refractivity contribution in [3.8, 4) is 0 Å². The first-order valence-electron chi connectivity index (χ1n) is 8.18. The van der Waals surface area contributed by atoms with Crippen LogP contribution in [0.15, 0.2) is 79.5 Å². The summed E-state index contributed by atoms with van der Waals surface area (Å²) < 4.78 is 0. The number of rotatable bonds is 3. The highest BCUT2D eigenvalue weighted by Crippen LogP contribution is 2.44. The van der Waals surface area contributed by atoms with Crippen molar-refractivity contribution in [2.45, 2.75) is 12.1 Å². The highest BCUT2D eigenvalue weighted by molar-refractivity contribution is 6.14. The monoisotopic (exact) mass is 317 g/mol. The molecule has 0 amide bonds. The molecule has 120 valence electrons. The summed E-state index contributed by atoms with van der Waals surface area (Å²) in [4.78, 5) is 13.5. The zero-order valence-corrected chi connectivity index (χ0v) is 13.2. The van der Waals surface area contributed by atoms with E-state index >= 15 is 0 Å². The lowest BCUT2D eigenvalue weighted by atomic mass is 9.83. The van der Waals surface area contributed by atoms with Gasteiger partial charge in [0.25, 0.3) is 0 Å². The molecule has 3 aliphatic rings. The summed E-state index contributed by atoms with van der Waals surface area (Å²) in [5.74, 6) is -0.0468. The van der Waals surface area contributed by atoms with Gasteiger partial charge in [-0.05, 0) is 17.7 Å². The number of fused-ring (bicyclic) bond motifs is 3. The van der Waals surface area contributed by atoms with E-state index < -0.39 is 5.97 Å². The lowest BCUT2D eigenvalue weighted by Crippen LogP contribution is -2.36. The average Bonchev–Trinajstić information content (AvgIpc) is 2.96. The molecule has 0 radical (unpaired) electrons. The van der Waals surface area contributed by atoms with Crippen molar-refractivity contribution in [3.63, 3.8) is 0 Å². The zero-order chi connectivity index (χ0) is 16.7. The number of carboxylic acid groups (broad SMARTS) is 1. The van der Waals surface area contributed by atoms with E-state index in [0.29, 0.717) is 29.5 Å². The van der Waals surface area contributed by atoms with Gasteiger partial charge in [-0.15, -0.1) is 0 Å². The Labute approximate surface area is 141 Å². The fourth-order valence-electron chi connectivity index (χ4n) is 3.99. The van der Waals surface area contributed by atoms with Crippen LogP contribution in [0.1, 0.15) is 5.56 Å². The molecule has 0 saturated carbocycles. The predicted molar refractivity (Wildman–Crippen MR) is 96.7 cm³/mol.